The molecule has 3 heteroatoms. The molecule has 0 bridgehead atoms. The first-order chi connectivity index (χ1) is 3.43. The van der Waals surface area contributed by atoms with Gasteiger partial charge in [-0.25, -0.2) is 0 Å². The van der Waals surface area contributed by atoms with Gasteiger partial charge in [0.25, 0.3) is 0 Å². The minimum Gasteiger partial charge on any atom is -0.261 e. The number of nitrogens with zero attached hydrogens (tertiary/aromatic N) is 2. The highest BCUT2D eigenvalue weighted by Crippen LogP contribution is 1.74. The van der Waals surface area contributed by atoms with Crippen molar-refractivity contribution in [2.75, 3.05) is 0 Å². The van der Waals surface area contributed by atoms with E-state index in [4.69, 9.17) is 0 Å². The lowest BCUT2D eigenvalue weighted by Crippen LogP contribution is -1.91. The number of carbonyl (C=O) groups excluding carboxylic acids is 1. The molecule has 0 saturated heterocycles. The molecule has 0 saturated carbocycles. The first kappa shape index (κ1) is 4.05. The summed E-state index contributed by atoms with van der Waals surface area (Å²) in [5.41, 5.74) is 0. The first-order valence-corrected chi connectivity index (χ1v) is 1.81. The third-order valence-electron chi connectivity index (χ3n) is 0.598. The standard InChI is InChI=1S/C4H3N2O/c7-4-6-3-1-2-5-6/h1-3H. The molecular formula is C4H3N2O. The van der Waals surface area contributed by atoms with Crippen molar-refractivity contribution >= 4 is 6.41 Å². The fourth-order valence-electron chi connectivity index (χ4n) is 0.323. The Kier molecular flexibility index (Phi) is 0.898. The monoisotopic (exact) mass is 95.0 g/mol. The molecule has 0 amide bonds. The van der Waals surface area contributed by atoms with Crippen LogP contribution in [-0.4, -0.2) is 16.2 Å². The van der Waals surface area contributed by atoms with E-state index in [1.807, 2.05) is 0 Å². The molecule has 1 rings (SSSR count). The fraction of sp³-hybridized carbons (Fsp3) is 0. The first-order valence-electron chi connectivity index (χ1n) is 1.81. The molecule has 0 aliphatic heterocycles. The number of aromatic nitrogens is 2. The predicted molar refractivity (Wildman–Crippen MR) is 23.3 cm³/mol. The van der Waals surface area contributed by atoms with Gasteiger partial charge in [-0.1, -0.05) is 0 Å². The predicted octanol–water partition coefficient (Wildman–Crippen LogP) is -0.202. The molecule has 0 aliphatic carbocycles. The average Bonchev–Trinajstić information content (AvgIpc) is 2.14. The molecule has 0 unspecified atom stereocenters. The molecule has 3 nitrogen and oxygen atoms in total. The summed E-state index contributed by atoms with van der Waals surface area (Å²) in [7, 11) is 0. The maximum atomic E-state index is 9.64. The fourth-order valence-corrected chi connectivity index (χ4v) is 0.323. The van der Waals surface area contributed by atoms with Gasteiger partial charge in [-0.2, -0.15) is 9.78 Å². The van der Waals surface area contributed by atoms with Crippen LogP contribution in [0, 0.1) is 0 Å². The molecule has 0 fully saturated rings. The Morgan fingerprint density at radius 1 is 1.71 bits per heavy atom. The van der Waals surface area contributed by atoms with Gasteiger partial charge in [0, 0.05) is 12.4 Å². The van der Waals surface area contributed by atoms with Gasteiger partial charge in [-0.05, 0) is 6.07 Å². The zero-order valence-corrected chi connectivity index (χ0v) is 3.53. The Labute approximate surface area is 40.6 Å². The third-order valence-corrected chi connectivity index (χ3v) is 0.598. The summed E-state index contributed by atoms with van der Waals surface area (Å²) in [4.78, 5) is 9.64. The van der Waals surface area contributed by atoms with E-state index in [0.29, 0.717) is 0 Å². The van der Waals surface area contributed by atoms with Crippen molar-refractivity contribution in [3.05, 3.63) is 18.5 Å². The van der Waals surface area contributed by atoms with Gasteiger partial charge in [0.15, 0.2) is 0 Å². The van der Waals surface area contributed by atoms with Crippen LogP contribution < -0.4 is 0 Å². The summed E-state index contributed by atoms with van der Waals surface area (Å²) in [6, 6.07) is 1.66. The minimum absolute atomic E-state index is 1.07. The molecule has 0 spiro atoms. The molecule has 35 valence electrons. The highest BCUT2D eigenvalue weighted by Gasteiger charge is 1.79. The summed E-state index contributed by atoms with van der Waals surface area (Å²) < 4.78 is 1.07. The van der Waals surface area contributed by atoms with E-state index in [1.165, 1.54) is 12.4 Å². The molecule has 1 heterocycles. The molecule has 0 N–H and O–H groups in total. The number of rotatable bonds is 1. The molecule has 0 atom stereocenters. The second kappa shape index (κ2) is 1.55. The third kappa shape index (κ3) is 0.652. The molecule has 0 aliphatic rings. The highest BCUT2D eigenvalue weighted by atomic mass is 16.1. The van der Waals surface area contributed by atoms with Crippen LogP contribution in [0.3, 0.4) is 0 Å². The highest BCUT2D eigenvalue weighted by molar-refractivity contribution is 5.49. The normalized spacial score (nSPS) is 8.57. The van der Waals surface area contributed by atoms with E-state index in [9.17, 15) is 4.79 Å². The zero-order chi connectivity index (χ0) is 5.11. The largest absolute Gasteiger partial charge is 0.338 e. The number of hydrogen-bond donors (Lipinski definition) is 0. The van der Waals surface area contributed by atoms with Crippen LogP contribution in [0.5, 0.6) is 0 Å². The van der Waals surface area contributed by atoms with Crippen LogP contribution in [0.25, 0.3) is 0 Å². The van der Waals surface area contributed by atoms with Crippen molar-refractivity contribution in [2.24, 2.45) is 0 Å². The van der Waals surface area contributed by atoms with Crippen molar-refractivity contribution in [3.63, 3.8) is 0 Å². The molecule has 1 aromatic heterocycles. The average molecular weight is 95.1 g/mol. The smallest absolute Gasteiger partial charge is 0.261 e. The Morgan fingerprint density at radius 2 is 2.57 bits per heavy atom. The minimum atomic E-state index is 1.07. The van der Waals surface area contributed by atoms with Gasteiger partial charge in [-0.3, -0.25) is 4.79 Å². The van der Waals surface area contributed by atoms with E-state index in [0.717, 1.165) is 4.68 Å². The van der Waals surface area contributed by atoms with Gasteiger partial charge in [0.1, 0.15) is 0 Å². The van der Waals surface area contributed by atoms with Crippen LogP contribution in [0.4, 0.5) is 0 Å². The topological polar surface area (TPSA) is 34.9 Å². The van der Waals surface area contributed by atoms with Crippen molar-refractivity contribution < 1.29 is 4.79 Å². The van der Waals surface area contributed by atoms with E-state index in [1.54, 1.807) is 12.5 Å². The van der Waals surface area contributed by atoms with Crippen LogP contribution in [0.15, 0.2) is 18.5 Å². The van der Waals surface area contributed by atoms with Crippen LogP contribution >= 0.6 is 0 Å². The van der Waals surface area contributed by atoms with Crippen molar-refractivity contribution in [1.29, 1.82) is 0 Å². The van der Waals surface area contributed by atoms with Gasteiger partial charge in [-0.15, -0.1) is 0 Å². The van der Waals surface area contributed by atoms with Crippen molar-refractivity contribution in [2.45, 2.75) is 0 Å². The molecule has 7 heavy (non-hydrogen) atoms. The van der Waals surface area contributed by atoms with Gasteiger partial charge < -0.3 is 0 Å². The van der Waals surface area contributed by atoms with E-state index < -0.39 is 0 Å². The summed E-state index contributed by atoms with van der Waals surface area (Å²) >= 11 is 0. The van der Waals surface area contributed by atoms with Gasteiger partial charge >= 0.3 is 6.41 Å². The van der Waals surface area contributed by atoms with Gasteiger partial charge in [0.2, 0.25) is 0 Å². The van der Waals surface area contributed by atoms with E-state index in [-0.39, 0.29) is 0 Å². The number of hydrogen-bond acceptors (Lipinski definition) is 2. The molecular weight excluding hydrogens is 92.1 g/mol. The summed E-state index contributed by atoms with van der Waals surface area (Å²) in [5, 5.41) is 3.53. The Bertz CT molecular complexity index is 145. The van der Waals surface area contributed by atoms with Gasteiger partial charge in [0.05, 0.1) is 0 Å². The summed E-state index contributed by atoms with van der Waals surface area (Å²) in [6.07, 6.45) is 4.60. The Balaban J connectivity index is 2.96. The van der Waals surface area contributed by atoms with Crippen LogP contribution in [0.2, 0.25) is 0 Å². The second-order valence-corrected chi connectivity index (χ2v) is 1.04. The van der Waals surface area contributed by atoms with Crippen molar-refractivity contribution in [1.82, 2.24) is 9.78 Å². The maximum absolute atomic E-state index is 9.64. The summed E-state index contributed by atoms with van der Waals surface area (Å²) in [6.45, 7) is 0. The molecule has 1 radical (unpaired) electrons. The Morgan fingerprint density at radius 3 is 2.86 bits per heavy atom. The summed E-state index contributed by atoms with van der Waals surface area (Å²) in [5.74, 6) is 0. The molecule has 1 aromatic rings. The quantitative estimate of drug-likeness (QED) is 0.484. The van der Waals surface area contributed by atoms with Crippen LogP contribution in [-0.2, 0) is 4.79 Å². The van der Waals surface area contributed by atoms with Crippen molar-refractivity contribution in [3.8, 4) is 0 Å². The molecule has 0 aromatic carbocycles. The van der Waals surface area contributed by atoms with E-state index in [2.05, 4.69) is 5.10 Å². The van der Waals surface area contributed by atoms with E-state index >= 15 is 0 Å². The van der Waals surface area contributed by atoms with Crippen LogP contribution in [0.1, 0.15) is 0 Å². The maximum Gasteiger partial charge on any atom is 0.338 e. The SMILES string of the molecule is O=[C]n1cccn1. The Hall–Kier alpha value is -1.12. The lowest BCUT2D eigenvalue weighted by molar-refractivity contribution is 0.540. The lowest BCUT2D eigenvalue weighted by Gasteiger charge is -1.73. The second-order valence-electron chi connectivity index (χ2n) is 1.04. The lowest BCUT2D eigenvalue weighted by atomic mass is 10.8. The zero-order valence-electron chi connectivity index (χ0n) is 3.53.